The zero-order valence-corrected chi connectivity index (χ0v) is 10.1. The molecule has 0 spiro atoms. The van der Waals surface area contributed by atoms with Gasteiger partial charge in [-0.1, -0.05) is 0 Å². The minimum Gasteiger partial charge on any atom is -0.480 e. The third-order valence-corrected chi connectivity index (χ3v) is 2.37. The Hall–Kier alpha value is -2.51. The Morgan fingerprint density at radius 1 is 1.42 bits per heavy atom. The summed E-state index contributed by atoms with van der Waals surface area (Å²) in [6.07, 6.45) is 0. The van der Waals surface area contributed by atoms with E-state index in [4.69, 9.17) is 5.11 Å². The second-order valence-corrected chi connectivity index (χ2v) is 4.31. The van der Waals surface area contributed by atoms with E-state index >= 15 is 0 Å². The Morgan fingerprint density at radius 3 is 2.47 bits per heavy atom. The van der Waals surface area contributed by atoms with Gasteiger partial charge in [-0.2, -0.15) is 0 Å². The van der Waals surface area contributed by atoms with Gasteiger partial charge >= 0.3 is 5.97 Å². The van der Waals surface area contributed by atoms with Gasteiger partial charge in [-0.3, -0.25) is 14.9 Å². The molecule has 0 unspecified atom stereocenters. The second-order valence-electron chi connectivity index (χ2n) is 4.31. The Kier molecular flexibility index (Phi) is 3.83. The Balaban J connectivity index is 3.09. The first-order valence-electron chi connectivity index (χ1n) is 5.15. The summed E-state index contributed by atoms with van der Waals surface area (Å²) in [5.41, 5.74) is -2.66. The fraction of sp³-hybridized carbons (Fsp3) is 0.273. The number of nitrogens with zero attached hydrogens (tertiary/aromatic N) is 1. The molecule has 0 aromatic heterocycles. The highest BCUT2D eigenvalue weighted by Crippen LogP contribution is 2.17. The molecule has 0 saturated heterocycles. The number of nitro groups is 1. The van der Waals surface area contributed by atoms with Crippen molar-refractivity contribution in [1.29, 1.82) is 0 Å². The summed E-state index contributed by atoms with van der Waals surface area (Å²) >= 11 is 0. The minimum absolute atomic E-state index is 0.459. The number of nitro benzene ring substituents is 1. The number of carbonyl (C=O) groups is 2. The Labute approximate surface area is 107 Å². The quantitative estimate of drug-likeness (QED) is 0.633. The van der Waals surface area contributed by atoms with Crippen molar-refractivity contribution in [2.75, 3.05) is 0 Å². The average Bonchev–Trinajstić information content (AvgIpc) is 2.28. The van der Waals surface area contributed by atoms with Crippen LogP contribution in [0, 0.1) is 15.9 Å². The van der Waals surface area contributed by atoms with Gasteiger partial charge in [-0.15, -0.1) is 0 Å². The van der Waals surface area contributed by atoms with Gasteiger partial charge < -0.3 is 10.4 Å². The third-order valence-electron chi connectivity index (χ3n) is 2.37. The molecule has 19 heavy (non-hydrogen) atoms. The van der Waals surface area contributed by atoms with E-state index in [0.717, 1.165) is 18.2 Å². The Bertz CT molecular complexity index is 556. The minimum atomic E-state index is -1.62. The number of carboxylic acids is 1. The molecular formula is C11H11FN2O5. The van der Waals surface area contributed by atoms with E-state index in [-0.39, 0.29) is 0 Å². The van der Waals surface area contributed by atoms with Crippen LogP contribution < -0.4 is 5.32 Å². The van der Waals surface area contributed by atoms with Gasteiger partial charge in [0.05, 0.1) is 10.5 Å². The molecule has 0 atom stereocenters. The zero-order chi connectivity index (χ0) is 14.8. The van der Waals surface area contributed by atoms with Gasteiger partial charge in [-0.05, 0) is 19.9 Å². The molecule has 1 aromatic carbocycles. The first kappa shape index (κ1) is 14.6. The number of benzene rings is 1. The maximum absolute atomic E-state index is 13.4. The number of halogens is 1. The monoisotopic (exact) mass is 270 g/mol. The van der Waals surface area contributed by atoms with Crippen molar-refractivity contribution in [2.24, 2.45) is 0 Å². The van der Waals surface area contributed by atoms with Gasteiger partial charge in [0.15, 0.2) is 0 Å². The first-order valence-corrected chi connectivity index (χ1v) is 5.15. The van der Waals surface area contributed by atoms with E-state index in [1.807, 2.05) is 0 Å². The fourth-order valence-electron chi connectivity index (χ4n) is 1.21. The number of hydrogen-bond acceptors (Lipinski definition) is 4. The summed E-state index contributed by atoms with van der Waals surface area (Å²) < 4.78 is 13.4. The molecule has 102 valence electrons. The van der Waals surface area contributed by atoms with E-state index in [1.165, 1.54) is 13.8 Å². The van der Waals surface area contributed by atoms with Crippen molar-refractivity contribution in [3.8, 4) is 0 Å². The second kappa shape index (κ2) is 5.01. The smallest absolute Gasteiger partial charge is 0.328 e. The van der Waals surface area contributed by atoms with Crippen LogP contribution in [0.3, 0.4) is 0 Å². The van der Waals surface area contributed by atoms with Crippen molar-refractivity contribution >= 4 is 17.6 Å². The average molecular weight is 270 g/mol. The lowest BCUT2D eigenvalue weighted by Gasteiger charge is -2.20. The molecule has 0 radical (unpaired) electrons. The largest absolute Gasteiger partial charge is 0.480 e. The van der Waals surface area contributed by atoms with E-state index in [2.05, 4.69) is 5.32 Å². The predicted octanol–water partition coefficient (Wildman–Crippen LogP) is 1.33. The highest BCUT2D eigenvalue weighted by atomic mass is 19.1. The molecule has 7 nitrogen and oxygen atoms in total. The number of hydrogen-bond donors (Lipinski definition) is 2. The predicted molar refractivity (Wildman–Crippen MR) is 62.2 cm³/mol. The number of amides is 1. The zero-order valence-electron chi connectivity index (χ0n) is 10.1. The van der Waals surface area contributed by atoms with Crippen LogP contribution in [0.25, 0.3) is 0 Å². The van der Waals surface area contributed by atoms with Crippen LogP contribution >= 0.6 is 0 Å². The molecule has 2 N–H and O–H groups in total. The lowest BCUT2D eigenvalue weighted by Crippen LogP contribution is -2.49. The van der Waals surface area contributed by atoms with E-state index in [0.29, 0.717) is 0 Å². The van der Waals surface area contributed by atoms with Crippen LogP contribution in [0.2, 0.25) is 0 Å². The van der Waals surface area contributed by atoms with Crippen LogP contribution in [0.1, 0.15) is 24.2 Å². The highest BCUT2D eigenvalue weighted by molar-refractivity contribution is 5.98. The molecule has 8 heteroatoms. The molecule has 0 heterocycles. The molecule has 0 aliphatic carbocycles. The van der Waals surface area contributed by atoms with Gasteiger partial charge in [0.25, 0.3) is 11.6 Å². The van der Waals surface area contributed by atoms with E-state index < -0.39 is 39.4 Å². The number of rotatable bonds is 4. The van der Waals surface area contributed by atoms with Gasteiger partial charge in [-0.25, -0.2) is 9.18 Å². The summed E-state index contributed by atoms with van der Waals surface area (Å²) in [6.45, 7) is 2.42. The molecule has 0 bridgehead atoms. The lowest BCUT2D eigenvalue weighted by molar-refractivity contribution is -0.384. The summed E-state index contributed by atoms with van der Waals surface area (Å²) in [7, 11) is 0. The molecule has 1 aromatic rings. The van der Waals surface area contributed by atoms with Gasteiger partial charge in [0, 0.05) is 12.1 Å². The van der Waals surface area contributed by atoms with Crippen LogP contribution in [-0.2, 0) is 4.79 Å². The van der Waals surface area contributed by atoms with Crippen molar-refractivity contribution in [3.05, 3.63) is 39.7 Å². The number of nitrogens with one attached hydrogen (secondary N) is 1. The molecule has 1 rings (SSSR count). The molecule has 0 aliphatic rings. The molecule has 0 aliphatic heterocycles. The molecule has 1 amide bonds. The van der Waals surface area contributed by atoms with Gasteiger partial charge in [0.1, 0.15) is 11.4 Å². The van der Waals surface area contributed by atoms with Crippen molar-refractivity contribution in [2.45, 2.75) is 19.4 Å². The van der Waals surface area contributed by atoms with Gasteiger partial charge in [0.2, 0.25) is 0 Å². The van der Waals surface area contributed by atoms with E-state index in [9.17, 15) is 24.1 Å². The summed E-state index contributed by atoms with van der Waals surface area (Å²) in [5.74, 6) is -3.32. The first-order chi connectivity index (χ1) is 8.65. The summed E-state index contributed by atoms with van der Waals surface area (Å²) in [6, 6.07) is 2.44. The fourth-order valence-corrected chi connectivity index (χ4v) is 1.21. The van der Waals surface area contributed by atoms with E-state index in [1.54, 1.807) is 0 Å². The topological polar surface area (TPSA) is 110 Å². The highest BCUT2D eigenvalue weighted by Gasteiger charge is 2.30. The molecule has 0 fully saturated rings. The van der Waals surface area contributed by atoms with Crippen LogP contribution in [-0.4, -0.2) is 27.4 Å². The van der Waals surface area contributed by atoms with Crippen LogP contribution in [0.15, 0.2) is 18.2 Å². The number of non-ortho nitro benzene ring substituents is 1. The Morgan fingerprint density at radius 2 is 2.00 bits per heavy atom. The summed E-state index contributed by atoms with van der Waals surface area (Å²) in [5, 5.41) is 21.4. The molecule has 0 saturated carbocycles. The van der Waals surface area contributed by atoms with Crippen molar-refractivity contribution < 1.29 is 24.0 Å². The third kappa shape index (κ3) is 3.24. The molecular weight excluding hydrogens is 259 g/mol. The van der Waals surface area contributed by atoms with Crippen LogP contribution in [0.5, 0.6) is 0 Å². The maximum atomic E-state index is 13.4. The number of aliphatic carboxylic acids is 1. The SMILES string of the molecule is CC(C)(NC(=O)c1cc([N+](=O)[O-])ccc1F)C(=O)O. The lowest BCUT2D eigenvalue weighted by atomic mass is 10.0. The van der Waals surface area contributed by atoms with Crippen molar-refractivity contribution in [3.63, 3.8) is 0 Å². The normalized spacial score (nSPS) is 10.9. The van der Waals surface area contributed by atoms with Crippen LogP contribution in [0.4, 0.5) is 10.1 Å². The van der Waals surface area contributed by atoms with Crippen molar-refractivity contribution in [1.82, 2.24) is 5.32 Å². The number of carbonyl (C=O) groups excluding carboxylic acids is 1. The number of carboxylic acid groups (broad SMARTS) is 1. The summed E-state index contributed by atoms with van der Waals surface area (Å²) in [4.78, 5) is 32.3. The maximum Gasteiger partial charge on any atom is 0.328 e. The standard InChI is InChI=1S/C11H11FN2O5/c1-11(2,10(16)17)13-9(15)7-5-6(14(18)19)3-4-8(7)12/h3-5H,1-2H3,(H,13,15)(H,16,17).